The second-order valence-electron chi connectivity index (χ2n) is 10.1. The molecule has 250 valence electrons. The molecule has 0 bridgehead atoms. The smallest absolute Gasteiger partial charge is 0.394 e. The molecule has 0 aliphatic carbocycles. The van der Waals surface area contributed by atoms with Gasteiger partial charge < -0.3 is 45.7 Å². The van der Waals surface area contributed by atoms with Gasteiger partial charge in [-0.2, -0.15) is 4.98 Å². The molecule has 4 aromatic rings. The molecule has 4 aromatic heterocycles. The second-order valence-corrected chi connectivity index (χ2v) is 12.6. The average molecular weight is 692 g/mol. The van der Waals surface area contributed by atoms with Crippen molar-refractivity contribution in [1.82, 2.24) is 39.0 Å². The number of nitrogen functional groups attached to an aromatic ring is 2. The third kappa shape index (κ3) is 6.02. The number of aliphatic hydroxyl groups excluding tert-OH is 2. The Hall–Kier alpha value is -3.47. The van der Waals surface area contributed by atoms with Crippen LogP contribution < -0.4 is 17.0 Å². The highest BCUT2D eigenvalue weighted by molar-refractivity contribution is 7.47. The van der Waals surface area contributed by atoms with E-state index in [-0.39, 0.29) is 34.1 Å². The molecule has 6 rings (SSSR count). The average Bonchev–Trinajstić information content (AvgIpc) is 3.76. The number of alkyl halides is 1. The number of rotatable bonds is 11. The molecule has 46 heavy (non-hydrogen) atoms. The molecule has 2 aliphatic heterocycles. The van der Waals surface area contributed by atoms with Crippen LogP contribution in [-0.4, -0.2) is 115 Å². The Labute approximate surface area is 255 Å². The molecule has 10 atom stereocenters. The third-order valence-corrected chi connectivity index (χ3v) is 8.60. The molecule has 0 spiro atoms. The molecule has 0 amide bonds. The van der Waals surface area contributed by atoms with Crippen molar-refractivity contribution in [3.8, 4) is 0 Å². The van der Waals surface area contributed by atoms with E-state index in [1.54, 1.807) is 0 Å². The predicted octanol–water partition coefficient (Wildman–Crippen LogP) is -2.08. The number of phosphoric acid groups is 1. The molecule has 6 heterocycles. The van der Waals surface area contributed by atoms with Crippen LogP contribution in [0.5, 0.6) is 0 Å². The minimum Gasteiger partial charge on any atom is -0.394 e. The number of anilines is 2. The number of imidazole rings is 2. The van der Waals surface area contributed by atoms with E-state index in [1.165, 1.54) is 10.9 Å². The van der Waals surface area contributed by atoms with Gasteiger partial charge in [0.05, 0.1) is 25.9 Å². The summed E-state index contributed by atoms with van der Waals surface area (Å²) in [6.45, 7) is -1.59. The van der Waals surface area contributed by atoms with Crippen molar-refractivity contribution in [2.24, 2.45) is 0 Å². The van der Waals surface area contributed by atoms with Crippen LogP contribution in [0.1, 0.15) is 12.5 Å². The lowest BCUT2D eigenvalue weighted by Crippen LogP contribution is -2.36. The van der Waals surface area contributed by atoms with Crippen molar-refractivity contribution >= 4 is 49.9 Å². The number of nitrogens with one attached hydrogen (secondary N) is 1. The molecule has 2 aliphatic rings. The topological polar surface area (TPSA) is 320 Å². The lowest BCUT2D eigenvalue weighted by atomic mass is 10.1. The highest BCUT2D eigenvalue weighted by atomic mass is 31.2. The Bertz CT molecular complexity index is 1880. The zero-order chi connectivity index (χ0) is 32.9. The van der Waals surface area contributed by atoms with Gasteiger partial charge in [0.25, 0.3) is 5.56 Å². The first-order chi connectivity index (χ1) is 21.9. The van der Waals surface area contributed by atoms with E-state index in [1.807, 2.05) is 0 Å². The molecular weight excluding hydrogens is 665 g/mol. The SMILES string of the molecule is Nc1nc2c(ncn2[C@@H]2O[C@H](CO)[C@H](O)[C@@H]2OP(=O)(O)OC[C@H]2O[C@@H](n3cnc4c(N)ncnc43)[C@@H](F)[C@H]2OC[PH](=O)O)c(=O)[nH]1. The van der Waals surface area contributed by atoms with Gasteiger partial charge in [-0.05, 0) is 0 Å². The number of aromatic amines is 1. The zero-order valence-corrected chi connectivity index (χ0v) is 25.0. The summed E-state index contributed by atoms with van der Waals surface area (Å²) < 4.78 is 69.6. The minimum atomic E-state index is -5.18. The number of phosphoric ester groups is 1. The van der Waals surface area contributed by atoms with Crippen LogP contribution in [-0.2, 0) is 32.4 Å². The van der Waals surface area contributed by atoms with Gasteiger partial charge >= 0.3 is 7.82 Å². The summed E-state index contributed by atoms with van der Waals surface area (Å²) in [6.07, 6.45) is -10.1. The number of nitrogens with two attached hydrogens (primary N) is 2. The first-order valence-corrected chi connectivity index (χ1v) is 16.3. The highest BCUT2D eigenvalue weighted by Gasteiger charge is 2.51. The van der Waals surface area contributed by atoms with Crippen LogP contribution in [0, 0.1) is 0 Å². The largest absolute Gasteiger partial charge is 0.472 e. The third-order valence-electron chi connectivity index (χ3n) is 7.20. The van der Waals surface area contributed by atoms with Crippen molar-refractivity contribution < 1.29 is 56.8 Å². The van der Waals surface area contributed by atoms with Crippen LogP contribution in [0.25, 0.3) is 22.3 Å². The van der Waals surface area contributed by atoms with Crippen molar-refractivity contribution in [1.29, 1.82) is 0 Å². The molecule has 25 heteroatoms. The number of fused-ring (bicyclic) bond motifs is 2. The van der Waals surface area contributed by atoms with Crippen LogP contribution in [0.15, 0.2) is 23.8 Å². The first-order valence-electron chi connectivity index (χ1n) is 13.3. The van der Waals surface area contributed by atoms with Gasteiger partial charge in [-0.1, -0.05) is 0 Å². The number of halogens is 1. The number of aromatic nitrogens is 8. The predicted molar refractivity (Wildman–Crippen MR) is 150 cm³/mol. The van der Waals surface area contributed by atoms with Crippen LogP contribution >= 0.6 is 15.9 Å². The fraction of sp³-hybridized carbons (Fsp3) is 0.524. The maximum absolute atomic E-state index is 15.7. The molecule has 0 aromatic carbocycles. The Morgan fingerprint density at radius 1 is 1.07 bits per heavy atom. The van der Waals surface area contributed by atoms with E-state index < -0.39 is 90.1 Å². The highest BCUT2D eigenvalue weighted by Crippen LogP contribution is 2.50. The number of hydrogen-bond donors (Lipinski definition) is 7. The standard InChI is InChI=1S/C21H27FN10O12P2/c22-9-13(40-6-45(36)37)8(43-19(9)31-4-27-10-15(23)25-3-26-16(10)31)2-41-46(38,39)44-14-12(34)7(1-33)42-20(14)32-5-28-11-17(32)29-21(24)30-18(11)35/h3-5,7-9,12-14,19-20,33-34,45H,1-2,6H2,(H,36,37)(H,38,39)(H2,23,25,26)(H3,24,29,30,35)/t7-,8-,9+,12+,13+,14+,19-,20-/m1/s1. The van der Waals surface area contributed by atoms with Gasteiger partial charge in [0, 0.05) is 0 Å². The zero-order valence-electron chi connectivity index (χ0n) is 23.1. The van der Waals surface area contributed by atoms with Crippen LogP contribution in [0.3, 0.4) is 0 Å². The summed E-state index contributed by atoms with van der Waals surface area (Å²) in [6, 6.07) is 0. The molecule has 9 N–H and O–H groups in total. The van der Waals surface area contributed by atoms with Crippen molar-refractivity contribution in [3.05, 3.63) is 29.3 Å². The lowest BCUT2D eigenvalue weighted by molar-refractivity contribution is -0.0647. The van der Waals surface area contributed by atoms with E-state index in [9.17, 15) is 33.9 Å². The van der Waals surface area contributed by atoms with Crippen molar-refractivity contribution in [2.45, 2.75) is 49.1 Å². The van der Waals surface area contributed by atoms with E-state index in [0.717, 1.165) is 17.2 Å². The Balaban J connectivity index is 1.22. The van der Waals surface area contributed by atoms with E-state index >= 15 is 4.39 Å². The van der Waals surface area contributed by atoms with Gasteiger partial charge in [0.1, 0.15) is 48.7 Å². The van der Waals surface area contributed by atoms with E-state index in [4.69, 9.17) is 34.7 Å². The normalized spacial score (nSPS) is 30.3. The summed E-state index contributed by atoms with van der Waals surface area (Å²) in [5.41, 5.74) is 10.7. The summed E-state index contributed by atoms with van der Waals surface area (Å²) in [5, 5.41) is 20.5. The van der Waals surface area contributed by atoms with Gasteiger partial charge in [-0.15, -0.1) is 0 Å². The molecule has 0 saturated carbocycles. The number of aliphatic hydroxyl groups is 2. The number of hydrogen-bond acceptors (Lipinski definition) is 17. The molecule has 2 saturated heterocycles. The molecule has 0 radical (unpaired) electrons. The lowest BCUT2D eigenvalue weighted by Gasteiger charge is -2.25. The second kappa shape index (κ2) is 12.6. The van der Waals surface area contributed by atoms with Crippen molar-refractivity contribution in [3.63, 3.8) is 0 Å². The van der Waals surface area contributed by atoms with Gasteiger partial charge in [0.2, 0.25) is 14.0 Å². The number of ether oxygens (including phenoxy) is 3. The Morgan fingerprint density at radius 3 is 2.48 bits per heavy atom. The van der Waals surface area contributed by atoms with Crippen LogP contribution in [0.2, 0.25) is 0 Å². The molecule has 22 nitrogen and oxygen atoms in total. The van der Waals surface area contributed by atoms with Crippen molar-refractivity contribution in [2.75, 3.05) is 31.0 Å². The quantitative estimate of drug-likeness (QED) is 0.0829. The number of nitrogens with zero attached hydrogens (tertiary/aromatic N) is 7. The summed E-state index contributed by atoms with van der Waals surface area (Å²) in [7, 11) is -8.41. The Morgan fingerprint density at radius 2 is 1.76 bits per heavy atom. The van der Waals surface area contributed by atoms with Gasteiger partial charge in [0.15, 0.2) is 41.3 Å². The van der Waals surface area contributed by atoms with Gasteiger partial charge in [-0.25, -0.2) is 28.9 Å². The summed E-state index contributed by atoms with van der Waals surface area (Å²) in [4.78, 5) is 54.3. The van der Waals surface area contributed by atoms with Crippen LogP contribution in [0.4, 0.5) is 16.2 Å². The molecular formula is C21H27FN10O12P2. The van der Waals surface area contributed by atoms with Gasteiger partial charge in [-0.3, -0.25) is 32.5 Å². The Kier molecular flexibility index (Phi) is 8.91. The monoisotopic (exact) mass is 692 g/mol. The fourth-order valence-corrected chi connectivity index (χ4v) is 6.43. The molecule has 2 fully saturated rings. The first kappa shape index (κ1) is 32.5. The molecule has 2 unspecified atom stereocenters. The summed E-state index contributed by atoms with van der Waals surface area (Å²) >= 11 is 0. The fourth-order valence-electron chi connectivity index (χ4n) is 5.16. The maximum atomic E-state index is 15.7. The van der Waals surface area contributed by atoms with E-state index in [0.29, 0.717) is 0 Å². The summed E-state index contributed by atoms with van der Waals surface area (Å²) in [5.74, 6) is -0.273. The number of H-pyrrole nitrogens is 1. The maximum Gasteiger partial charge on any atom is 0.472 e. The van der Waals surface area contributed by atoms with E-state index in [2.05, 4.69) is 29.9 Å². The minimum absolute atomic E-state index is 0.0108.